The zero-order valence-corrected chi connectivity index (χ0v) is 10.5. The molecule has 90 valence electrons. The Hall–Kier alpha value is -1.68. The van der Waals surface area contributed by atoms with Gasteiger partial charge in [0, 0.05) is 5.69 Å². The number of rotatable bonds is 3. The largest absolute Gasteiger partial charge is 0.319 e. The standard InChI is InChI=1S/C13H18N4/c1-4-13(3,14)12-16-15-10(2)17(12)11-8-6-5-7-9-11/h5-9H,4,14H2,1-3H3. The summed E-state index contributed by atoms with van der Waals surface area (Å²) in [6.45, 7) is 5.98. The zero-order valence-electron chi connectivity index (χ0n) is 10.5. The van der Waals surface area contributed by atoms with E-state index >= 15 is 0 Å². The number of hydrogen-bond acceptors (Lipinski definition) is 3. The molecule has 2 N–H and O–H groups in total. The van der Waals surface area contributed by atoms with E-state index in [9.17, 15) is 0 Å². The molecule has 0 amide bonds. The molecule has 0 radical (unpaired) electrons. The lowest BCUT2D eigenvalue weighted by molar-refractivity contribution is 0.437. The van der Waals surface area contributed by atoms with E-state index < -0.39 is 5.54 Å². The third-order valence-corrected chi connectivity index (χ3v) is 3.08. The summed E-state index contributed by atoms with van der Waals surface area (Å²) < 4.78 is 2.02. The highest BCUT2D eigenvalue weighted by molar-refractivity contribution is 5.35. The molecule has 2 aromatic rings. The molecule has 1 aromatic carbocycles. The van der Waals surface area contributed by atoms with Crippen LogP contribution in [0.25, 0.3) is 5.69 Å². The van der Waals surface area contributed by atoms with Crippen molar-refractivity contribution in [2.24, 2.45) is 5.73 Å². The van der Waals surface area contributed by atoms with Crippen molar-refractivity contribution in [1.82, 2.24) is 14.8 Å². The number of nitrogens with two attached hydrogens (primary N) is 1. The van der Waals surface area contributed by atoms with Gasteiger partial charge in [0.1, 0.15) is 5.82 Å². The fourth-order valence-electron chi connectivity index (χ4n) is 1.78. The Morgan fingerprint density at radius 2 is 1.88 bits per heavy atom. The van der Waals surface area contributed by atoms with E-state index in [-0.39, 0.29) is 0 Å². The molecule has 0 aliphatic carbocycles. The van der Waals surface area contributed by atoms with Crippen molar-refractivity contribution in [1.29, 1.82) is 0 Å². The maximum Gasteiger partial charge on any atom is 0.157 e. The predicted molar refractivity (Wildman–Crippen MR) is 67.9 cm³/mol. The maximum absolute atomic E-state index is 6.27. The summed E-state index contributed by atoms with van der Waals surface area (Å²) in [6, 6.07) is 10.1. The normalized spacial score (nSPS) is 14.6. The Morgan fingerprint density at radius 1 is 1.24 bits per heavy atom. The van der Waals surface area contributed by atoms with Crippen LogP contribution in [0.4, 0.5) is 0 Å². The molecule has 1 heterocycles. The first kappa shape index (κ1) is 11.8. The van der Waals surface area contributed by atoms with Crippen LogP contribution in [0.15, 0.2) is 30.3 Å². The van der Waals surface area contributed by atoms with Gasteiger partial charge in [-0.15, -0.1) is 10.2 Å². The molecule has 0 spiro atoms. The highest BCUT2D eigenvalue weighted by Crippen LogP contribution is 2.23. The molecule has 0 bridgehead atoms. The van der Waals surface area contributed by atoms with E-state index in [4.69, 9.17) is 5.73 Å². The van der Waals surface area contributed by atoms with E-state index in [0.717, 1.165) is 23.8 Å². The minimum atomic E-state index is -0.461. The van der Waals surface area contributed by atoms with Gasteiger partial charge in [0.2, 0.25) is 0 Å². The van der Waals surface area contributed by atoms with Gasteiger partial charge >= 0.3 is 0 Å². The first-order valence-electron chi connectivity index (χ1n) is 5.83. The smallest absolute Gasteiger partial charge is 0.157 e. The molecular weight excluding hydrogens is 212 g/mol. The topological polar surface area (TPSA) is 56.7 Å². The van der Waals surface area contributed by atoms with E-state index in [1.54, 1.807) is 0 Å². The second-order valence-corrected chi connectivity index (χ2v) is 4.51. The van der Waals surface area contributed by atoms with Crippen molar-refractivity contribution in [3.8, 4) is 5.69 Å². The van der Waals surface area contributed by atoms with Crippen molar-refractivity contribution in [2.45, 2.75) is 32.7 Å². The van der Waals surface area contributed by atoms with E-state index in [2.05, 4.69) is 17.1 Å². The highest BCUT2D eigenvalue weighted by Gasteiger charge is 2.26. The van der Waals surface area contributed by atoms with Crippen LogP contribution in [0, 0.1) is 6.92 Å². The molecule has 0 aliphatic heterocycles. The molecule has 0 aliphatic rings. The summed E-state index contributed by atoms with van der Waals surface area (Å²) in [6.07, 6.45) is 0.817. The summed E-state index contributed by atoms with van der Waals surface area (Å²) in [5.74, 6) is 1.67. The third-order valence-electron chi connectivity index (χ3n) is 3.08. The van der Waals surface area contributed by atoms with Crippen LogP contribution in [-0.4, -0.2) is 14.8 Å². The Balaban J connectivity index is 2.59. The molecular formula is C13H18N4. The third kappa shape index (κ3) is 2.08. The summed E-state index contributed by atoms with van der Waals surface area (Å²) in [7, 11) is 0. The van der Waals surface area contributed by atoms with Crippen LogP contribution in [0.1, 0.15) is 31.9 Å². The zero-order chi connectivity index (χ0) is 12.5. The summed E-state index contributed by atoms with van der Waals surface area (Å²) in [5, 5.41) is 8.36. The maximum atomic E-state index is 6.27. The molecule has 1 aromatic heterocycles. The quantitative estimate of drug-likeness (QED) is 0.879. The lowest BCUT2D eigenvalue weighted by Crippen LogP contribution is -2.35. The van der Waals surface area contributed by atoms with Crippen LogP contribution in [-0.2, 0) is 5.54 Å². The first-order valence-corrected chi connectivity index (χ1v) is 5.83. The van der Waals surface area contributed by atoms with Gasteiger partial charge in [-0.25, -0.2) is 0 Å². The number of nitrogens with zero attached hydrogens (tertiary/aromatic N) is 3. The van der Waals surface area contributed by atoms with Crippen molar-refractivity contribution in [2.75, 3.05) is 0 Å². The van der Waals surface area contributed by atoms with Crippen molar-refractivity contribution in [3.63, 3.8) is 0 Å². The fraction of sp³-hybridized carbons (Fsp3) is 0.385. The van der Waals surface area contributed by atoms with E-state index in [1.165, 1.54) is 0 Å². The molecule has 4 nitrogen and oxygen atoms in total. The number of benzene rings is 1. The van der Waals surface area contributed by atoms with Crippen LogP contribution < -0.4 is 5.73 Å². The summed E-state index contributed by atoms with van der Waals surface area (Å²) in [5.41, 5.74) is 6.86. The minimum Gasteiger partial charge on any atom is -0.319 e. The van der Waals surface area contributed by atoms with Gasteiger partial charge in [0.15, 0.2) is 5.82 Å². The minimum absolute atomic E-state index is 0.461. The van der Waals surface area contributed by atoms with Crippen molar-refractivity contribution in [3.05, 3.63) is 42.0 Å². The number of para-hydroxylation sites is 1. The molecule has 1 atom stereocenters. The molecule has 0 saturated heterocycles. The summed E-state index contributed by atoms with van der Waals surface area (Å²) in [4.78, 5) is 0. The Bertz CT molecular complexity index is 499. The van der Waals surface area contributed by atoms with Gasteiger partial charge < -0.3 is 5.73 Å². The molecule has 0 saturated carbocycles. The van der Waals surface area contributed by atoms with Crippen LogP contribution in [0.5, 0.6) is 0 Å². The van der Waals surface area contributed by atoms with E-state index in [0.29, 0.717) is 0 Å². The predicted octanol–water partition coefficient (Wildman–Crippen LogP) is 2.16. The lowest BCUT2D eigenvalue weighted by atomic mass is 9.99. The number of hydrogen-bond donors (Lipinski definition) is 1. The molecule has 17 heavy (non-hydrogen) atoms. The molecule has 2 rings (SSSR count). The van der Waals surface area contributed by atoms with Gasteiger partial charge in [0.25, 0.3) is 0 Å². The van der Waals surface area contributed by atoms with Crippen molar-refractivity contribution >= 4 is 0 Å². The van der Waals surface area contributed by atoms with Crippen LogP contribution in [0.2, 0.25) is 0 Å². The lowest BCUT2D eigenvalue weighted by Gasteiger charge is -2.22. The Kier molecular flexibility index (Phi) is 2.98. The van der Waals surface area contributed by atoms with E-state index in [1.807, 2.05) is 48.7 Å². The van der Waals surface area contributed by atoms with Gasteiger partial charge in [-0.2, -0.15) is 0 Å². The molecule has 0 fully saturated rings. The average molecular weight is 230 g/mol. The Labute approximate surface area is 101 Å². The molecule has 1 unspecified atom stereocenters. The van der Waals surface area contributed by atoms with Crippen LogP contribution >= 0.6 is 0 Å². The van der Waals surface area contributed by atoms with Gasteiger partial charge in [0.05, 0.1) is 5.54 Å². The monoisotopic (exact) mass is 230 g/mol. The van der Waals surface area contributed by atoms with Crippen molar-refractivity contribution < 1.29 is 0 Å². The first-order chi connectivity index (χ1) is 8.06. The Morgan fingerprint density at radius 3 is 2.47 bits per heavy atom. The fourth-order valence-corrected chi connectivity index (χ4v) is 1.78. The second kappa shape index (κ2) is 4.30. The number of aromatic nitrogens is 3. The average Bonchev–Trinajstić information content (AvgIpc) is 2.73. The number of aryl methyl sites for hydroxylation is 1. The van der Waals surface area contributed by atoms with Crippen LogP contribution in [0.3, 0.4) is 0 Å². The molecule has 4 heteroatoms. The van der Waals surface area contributed by atoms with Gasteiger partial charge in [-0.05, 0) is 32.4 Å². The SMILES string of the molecule is CCC(C)(N)c1nnc(C)n1-c1ccccc1. The van der Waals surface area contributed by atoms with Gasteiger partial charge in [-0.1, -0.05) is 25.1 Å². The highest BCUT2D eigenvalue weighted by atomic mass is 15.3. The second-order valence-electron chi connectivity index (χ2n) is 4.51. The van der Waals surface area contributed by atoms with Gasteiger partial charge in [-0.3, -0.25) is 4.57 Å². The summed E-state index contributed by atoms with van der Waals surface area (Å²) >= 11 is 0.